The Labute approximate surface area is 105 Å². The minimum atomic E-state index is 0.0825. The molecule has 0 aromatic heterocycles. The van der Waals surface area contributed by atoms with Crippen LogP contribution in [-0.2, 0) is 0 Å². The minimum Gasteiger partial charge on any atom is -0.336 e. The molecular formula is C13H27N3O. The van der Waals surface area contributed by atoms with E-state index >= 15 is 0 Å². The maximum atomic E-state index is 11.6. The van der Waals surface area contributed by atoms with Crippen LogP contribution in [0.5, 0.6) is 0 Å². The average Bonchev–Trinajstić information content (AvgIpc) is 2.56. The van der Waals surface area contributed by atoms with Crippen LogP contribution in [-0.4, -0.2) is 43.2 Å². The molecule has 1 aliphatic heterocycles. The largest absolute Gasteiger partial charge is 0.336 e. The highest BCUT2D eigenvalue weighted by molar-refractivity contribution is 5.76. The molecule has 0 aliphatic carbocycles. The highest BCUT2D eigenvalue weighted by atomic mass is 16.2. The monoisotopic (exact) mass is 241 g/mol. The minimum absolute atomic E-state index is 0.0825. The van der Waals surface area contributed by atoms with Crippen LogP contribution in [0.3, 0.4) is 0 Å². The number of urea groups is 1. The van der Waals surface area contributed by atoms with E-state index in [1.54, 1.807) is 0 Å². The highest BCUT2D eigenvalue weighted by Gasteiger charge is 2.32. The first-order valence-corrected chi connectivity index (χ1v) is 6.71. The smallest absolute Gasteiger partial charge is 0.317 e. The first-order valence-electron chi connectivity index (χ1n) is 6.71. The van der Waals surface area contributed by atoms with Crippen molar-refractivity contribution < 1.29 is 4.79 Å². The van der Waals surface area contributed by atoms with E-state index in [4.69, 9.17) is 0 Å². The van der Waals surface area contributed by atoms with Crippen molar-refractivity contribution >= 4 is 6.03 Å². The van der Waals surface area contributed by atoms with Gasteiger partial charge in [0, 0.05) is 25.7 Å². The third-order valence-corrected chi connectivity index (χ3v) is 3.25. The zero-order valence-corrected chi connectivity index (χ0v) is 11.7. The molecule has 0 aromatic carbocycles. The summed E-state index contributed by atoms with van der Waals surface area (Å²) in [7, 11) is 0. The lowest BCUT2D eigenvalue weighted by atomic mass is 9.92. The van der Waals surface area contributed by atoms with Gasteiger partial charge < -0.3 is 15.5 Å². The predicted octanol–water partition coefficient (Wildman–Crippen LogP) is 1.82. The Hall–Kier alpha value is -0.770. The van der Waals surface area contributed by atoms with E-state index in [9.17, 15) is 4.79 Å². The number of carbonyl (C=O) groups is 1. The number of amides is 2. The van der Waals surface area contributed by atoms with Gasteiger partial charge in [0.15, 0.2) is 0 Å². The van der Waals surface area contributed by atoms with E-state index in [0.717, 1.165) is 26.2 Å². The van der Waals surface area contributed by atoms with Crippen molar-refractivity contribution in [2.45, 2.75) is 46.6 Å². The Kier molecular flexibility index (Phi) is 5.25. The van der Waals surface area contributed by atoms with Crippen molar-refractivity contribution in [1.29, 1.82) is 0 Å². The molecule has 4 heteroatoms. The molecule has 100 valence electrons. The molecule has 1 rings (SSSR count). The van der Waals surface area contributed by atoms with Crippen LogP contribution in [0.25, 0.3) is 0 Å². The number of hydrogen-bond acceptors (Lipinski definition) is 2. The van der Waals surface area contributed by atoms with Gasteiger partial charge in [-0.15, -0.1) is 0 Å². The molecule has 0 spiro atoms. The summed E-state index contributed by atoms with van der Waals surface area (Å²) in [5.41, 5.74) is 0.129. The molecule has 0 bridgehead atoms. The van der Waals surface area contributed by atoms with Gasteiger partial charge in [0.1, 0.15) is 0 Å². The van der Waals surface area contributed by atoms with Gasteiger partial charge in [-0.3, -0.25) is 0 Å². The molecule has 1 unspecified atom stereocenters. The summed E-state index contributed by atoms with van der Waals surface area (Å²) in [6.07, 6.45) is 2.44. The number of nitrogens with zero attached hydrogens (tertiary/aromatic N) is 1. The lowest BCUT2D eigenvalue weighted by Gasteiger charge is -2.32. The van der Waals surface area contributed by atoms with Gasteiger partial charge in [0.2, 0.25) is 0 Å². The first-order chi connectivity index (χ1) is 7.96. The molecule has 4 nitrogen and oxygen atoms in total. The zero-order chi connectivity index (χ0) is 12.9. The van der Waals surface area contributed by atoms with Crippen molar-refractivity contribution in [3.63, 3.8) is 0 Å². The average molecular weight is 241 g/mol. The van der Waals surface area contributed by atoms with Crippen LogP contribution >= 0.6 is 0 Å². The van der Waals surface area contributed by atoms with Crippen molar-refractivity contribution in [2.24, 2.45) is 5.41 Å². The van der Waals surface area contributed by atoms with E-state index in [1.165, 1.54) is 12.8 Å². The van der Waals surface area contributed by atoms with Crippen LogP contribution in [0.2, 0.25) is 0 Å². The Balaban J connectivity index is 2.34. The lowest BCUT2D eigenvalue weighted by Crippen LogP contribution is -2.44. The molecule has 0 radical (unpaired) electrons. The van der Waals surface area contributed by atoms with Crippen molar-refractivity contribution in [3.8, 4) is 0 Å². The third kappa shape index (κ3) is 4.54. The molecule has 0 aromatic rings. The summed E-state index contributed by atoms with van der Waals surface area (Å²) in [6.45, 7) is 12.3. The summed E-state index contributed by atoms with van der Waals surface area (Å²) >= 11 is 0. The summed E-state index contributed by atoms with van der Waals surface area (Å²) in [5, 5.41) is 6.36. The highest BCUT2D eigenvalue weighted by Crippen LogP contribution is 2.19. The summed E-state index contributed by atoms with van der Waals surface area (Å²) in [4.78, 5) is 13.6. The fraction of sp³-hybridized carbons (Fsp3) is 0.923. The summed E-state index contributed by atoms with van der Waals surface area (Å²) < 4.78 is 0. The van der Waals surface area contributed by atoms with Crippen LogP contribution < -0.4 is 10.6 Å². The first kappa shape index (κ1) is 14.3. The lowest BCUT2D eigenvalue weighted by molar-refractivity contribution is 0.169. The van der Waals surface area contributed by atoms with Crippen LogP contribution in [0.4, 0.5) is 4.79 Å². The van der Waals surface area contributed by atoms with Crippen LogP contribution in [0.15, 0.2) is 0 Å². The fourth-order valence-electron chi connectivity index (χ4n) is 2.12. The molecule has 2 N–H and O–H groups in total. The van der Waals surface area contributed by atoms with Crippen molar-refractivity contribution in [1.82, 2.24) is 15.5 Å². The quantitative estimate of drug-likeness (QED) is 0.668. The van der Waals surface area contributed by atoms with Gasteiger partial charge in [0.25, 0.3) is 0 Å². The SMILES string of the molecule is CCCCNCC(C)(C)CN1C(=O)NCC1C. The second-order valence-corrected chi connectivity index (χ2v) is 5.86. The molecular weight excluding hydrogens is 214 g/mol. The van der Waals surface area contributed by atoms with E-state index in [-0.39, 0.29) is 11.4 Å². The summed E-state index contributed by atoms with van der Waals surface area (Å²) in [5.74, 6) is 0. The van der Waals surface area contributed by atoms with Crippen LogP contribution in [0, 0.1) is 5.41 Å². The molecule has 1 saturated heterocycles. The molecule has 2 amide bonds. The van der Waals surface area contributed by atoms with E-state index in [1.807, 2.05) is 4.90 Å². The maximum absolute atomic E-state index is 11.6. The number of unbranched alkanes of at least 4 members (excludes halogenated alkanes) is 1. The van der Waals surface area contributed by atoms with Gasteiger partial charge in [-0.05, 0) is 25.3 Å². The topological polar surface area (TPSA) is 44.4 Å². The third-order valence-electron chi connectivity index (χ3n) is 3.25. The van der Waals surface area contributed by atoms with Gasteiger partial charge in [0.05, 0.1) is 0 Å². The Morgan fingerprint density at radius 1 is 1.53 bits per heavy atom. The standard InChI is InChI=1S/C13H27N3O/c1-5-6-7-14-9-13(3,4)10-16-11(2)8-15-12(16)17/h11,14H,5-10H2,1-4H3,(H,15,17). The Morgan fingerprint density at radius 3 is 2.76 bits per heavy atom. The second kappa shape index (κ2) is 6.24. The molecule has 1 aliphatic rings. The Morgan fingerprint density at radius 2 is 2.24 bits per heavy atom. The maximum Gasteiger partial charge on any atom is 0.317 e. The van der Waals surface area contributed by atoms with Gasteiger partial charge in [-0.1, -0.05) is 27.2 Å². The molecule has 1 atom stereocenters. The summed E-state index contributed by atoms with van der Waals surface area (Å²) in [6, 6.07) is 0.400. The molecule has 0 saturated carbocycles. The fourth-order valence-corrected chi connectivity index (χ4v) is 2.12. The zero-order valence-electron chi connectivity index (χ0n) is 11.7. The van der Waals surface area contributed by atoms with E-state index in [2.05, 4.69) is 38.3 Å². The number of nitrogens with one attached hydrogen (secondary N) is 2. The number of hydrogen-bond donors (Lipinski definition) is 2. The van der Waals surface area contributed by atoms with Crippen molar-refractivity contribution in [3.05, 3.63) is 0 Å². The Bertz CT molecular complexity index is 253. The molecule has 17 heavy (non-hydrogen) atoms. The van der Waals surface area contributed by atoms with Gasteiger partial charge in [-0.25, -0.2) is 4.79 Å². The van der Waals surface area contributed by atoms with Crippen molar-refractivity contribution in [2.75, 3.05) is 26.2 Å². The normalized spacial score (nSPS) is 20.8. The van der Waals surface area contributed by atoms with E-state index < -0.39 is 0 Å². The van der Waals surface area contributed by atoms with Gasteiger partial charge in [-0.2, -0.15) is 0 Å². The van der Waals surface area contributed by atoms with Crippen LogP contribution in [0.1, 0.15) is 40.5 Å². The second-order valence-electron chi connectivity index (χ2n) is 5.86. The molecule has 1 heterocycles. The predicted molar refractivity (Wildman–Crippen MR) is 71.1 cm³/mol. The van der Waals surface area contributed by atoms with Gasteiger partial charge >= 0.3 is 6.03 Å². The molecule has 1 fully saturated rings. The number of carbonyl (C=O) groups excluding carboxylic acids is 1. The number of rotatable bonds is 7. The van der Waals surface area contributed by atoms with E-state index in [0.29, 0.717) is 6.04 Å².